The van der Waals surface area contributed by atoms with Gasteiger partial charge in [-0.3, -0.25) is 4.98 Å². The van der Waals surface area contributed by atoms with Crippen LogP contribution in [0.5, 0.6) is 0 Å². The summed E-state index contributed by atoms with van der Waals surface area (Å²) in [6, 6.07) is 7.79. The lowest BCUT2D eigenvalue weighted by Gasteiger charge is -2.05. The molecule has 0 unspecified atom stereocenters. The van der Waals surface area contributed by atoms with Crippen LogP contribution in [0.1, 0.15) is 48.9 Å². The van der Waals surface area contributed by atoms with E-state index in [1.54, 1.807) is 0 Å². The molecule has 0 aliphatic heterocycles. The van der Waals surface area contributed by atoms with Crippen molar-refractivity contribution in [2.24, 2.45) is 10.3 Å². The van der Waals surface area contributed by atoms with Crippen molar-refractivity contribution in [3.63, 3.8) is 0 Å². The van der Waals surface area contributed by atoms with E-state index in [2.05, 4.69) is 25.3 Å². The minimum Gasteiger partial charge on any atom is -0.399 e. The van der Waals surface area contributed by atoms with Crippen molar-refractivity contribution in [2.45, 2.75) is 40.5 Å². The van der Waals surface area contributed by atoms with Gasteiger partial charge in [0.05, 0.1) is 5.69 Å². The second kappa shape index (κ2) is 9.60. The average molecular weight is 355 g/mol. The highest BCUT2D eigenvalue weighted by Gasteiger charge is 2.05. The monoisotopic (exact) mass is 355 g/mol. The van der Waals surface area contributed by atoms with Crippen LogP contribution in [-0.4, -0.2) is 40.1 Å². The molecule has 0 N–H and O–H groups in total. The summed E-state index contributed by atoms with van der Waals surface area (Å²) in [5, 5.41) is 8.02. The first-order chi connectivity index (χ1) is 12.5. The van der Waals surface area contributed by atoms with Gasteiger partial charge in [-0.2, -0.15) is 0 Å². The summed E-state index contributed by atoms with van der Waals surface area (Å²) in [4.78, 5) is 23.5. The van der Waals surface area contributed by atoms with Gasteiger partial charge in [-0.05, 0) is 58.7 Å². The molecule has 0 aliphatic carbocycles. The Bertz CT molecular complexity index is 782. The molecule has 2 rings (SSSR count). The normalized spacial score (nSPS) is 12.2. The molecule has 7 nitrogen and oxygen atoms in total. The van der Waals surface area contributed by atoms with Crippen molar-refractivity contribution in [3.05, 3.63) is 52.9 Å². The van der Waals surface area contributed by atoms with Crippen molar-refractivity contribution in [3.8, 4) is 0 Å². The van der Waals surface area contributed by atoms with Gasteiger partial charge in [0.15, 0.2) is 5.82 Å². The summed E-state index contributed by atoms with van der Waals surface area (Å²) in [7, 11) is 1.52. The fraction of sp³-hybridized carbons (Fsp3) is 0.421. The van der Waals surface area contributed by atoms with E-state index in [0.29, 0.717) is 18.1 Å². The summed E-state index contributed by atoms with van der Waals surface area (Å²) >= 11 is 0. The Morgan fingerprint density at radius 2 is 1.73 bits per heavy atom. The molecular weight excluding hydrogens is 330 g/mol. The molecule has 0 saturated carbocycles. The topological polar surface area (TPSA) is 81.9 Å². The van der Waals surface area contributed by atoms with Gasteiger partial charge < -0.3 is 9.68 Å². The Kier molecular flexibility index (Phi) is 7.20. The van der Waals surface area contributed by atoms with Crippen molar-refractivity contribution in [1.82, 2.24) is 15.0 Å². The molecule has 0 bridgehead atoms. The standard InChI is InChI=1S/C19H25N5O2/c1-13-12-14(2)21-19(20-13)16(4)24-26-11-7-9-17-8-6-10-18(22-17)15(3)23-25-5/h6,8,10,12H,7,9,11H2,1-5H3/b23-15?,24-16+. The summed E-state index contributed by atoms with van der Waals surface area (Å²) in [6.45, 7) is 8.08. The molecule has 7 heteroatoms. The van der Waals surface area contributed by atoms with Crippen LogP contribution in [0.3, 0.4) is 0 Å². The number of aryl methyl sites for hydroxylation is 3. The predicted octanol–water partition coefficient (Wildman–Crippen LogP) is 3.23. The first kappa shape index (κ1) is 19.5. The molecule has 0 amide bonds. The van der Waals surface area contributed by atoms with Crippen LogP contribution in [0.4, 0.5) is 0 Å². The van der Waals surface area contributed by atoms with Gasteiger partial charge >= 0.3 is 0 Å². The van der Waals surface area contributed by atoms with E-state index < -0.39 is 0 Å². The number of hydrogen-bond donors (Lipinski definition) is 0. The van der Waals surface area contributed by atoms with Gasteiger partial charge in [-0.15, -0.1) is 0 Å². The maximum Gasteiger partial charge on any atom is 0.177 e. The third kappa shape index (κ3) is 5.91. The van der Waals surface area contributed by atoms with Crippen LogP contribution in [0.2, 0.25) is 0 Å². The van der Waals surface area contributed by atoms with E-state index in [1.807, 2.05) is 52.0 Å². The molecular formula is C19H25N5O2. The number of nitrogens with zero attached hydrogens (tertiary/aromatic N) is 5. The lowest BCUT2D eigenvalue weighted by atomic mass is 10.2. The van der Waals surface area contributed by atoms with Crippen molar-refractivity contribution in [1.29, 1.82) is 0 Å². The number of rotatable bonds is 8. The van der Waals surface area contributed by atoms with Crippen LogP contribution < -0.4 is 0 Å². The third-order valence-electron chi connectivity index (χ3n) is 3.58. The Morgan fingerprint density at radius 3 is 2.42 bits per heavy atom. The highest BCUT2D eigenvalue weighted by Crippen LogP contribution is 2.05. The van der Waals surface area contributed by atoms with Crippen LogP contribution in [0, 0.1) is 13.8 Å². The first-order valence-corrected chi connectivity index (χ1v) is 8.53. The van der Waals surface area contributed by atoms with Crippen LogP contribution in [0.15, 0.2) is 34.6 Å². The summed E-state index contributed by atoms with van der Waals surface area (Å²) in [6.07, 6.45) is 1.60. The molecule has 0 aromatic carbocycles. The molecule has 0 radical (unpaired) electrons. The molecule has 0 aliphatic rings. The Morgan fingerprint density at radius 1 is 1.00 bits per heavy atom. The van der Waals surface area contributed by atoms with Gasteiger partial charge in [0.1, 0.15) is 25.1 Å². The molecule has 0 fully saturated rings. The summed E-state index contributed by atoms with van der Waals surface area (Å²) in [5.41, 5.74) is 5.05. The molecule has 26 heavy (non-hydrogen) atoms. The quantitative estimate of drug-likeness (QED) is 0.412. The predicted molar refractivity (Wildman–Crippen MR) is 101 cm³/mol. The molecule has 0 spiro atoms. The third-order valence-corrected chi connectivity index (χ3v) is 3.58. The number of oxime groups is 2. The lowest BCUT2D eigenvalue weighted by Crippen LogP contribution is -2.06. The molecule has 2 heterocycles. The number of pyridine rings is 1. The van der Waals surface area contributed by atoms with Gasteiger partial charge in [-0.1, -0.05) is 16.4 Å². The van der Waals surface area contributed by atoms with Gasteiger partial charge in [0.25, 0.3) is 0 Å². The van der Waals surface area contributed by atoms with E-state index in [0.717, 1.165) is 41.3 Å². The Balaban J connectivity index is 1.85. The maximum absolute atomic E-state index is 5.40. The summed E-state index contributed by atoms with van der Waals surface area (Å²) < 4.78 is 0. The largest absolute Gasteiger partial charge is 0.399 e. The molecule has 2 aromatic heterocycles. The zero-order chi connectivity index (χ0) is 18.9. The minimum atomic E-state index is 0.499. The molecule has 2 aromatic rings. The van der Waals surface area contributed by atoms with E-state index in [4.69, 9.17) is 9.68 Å². The molecule has 0 atom stereocenters. The van der Waals surface area contributed by atoms with Crippen molar-refractivity contribution < 1.29 is 9.68 Å². The number of hydrogen-bond acceptors (Lipinski definition) is 7. The zero-order valence-electron chi connectivity index (χ0n) is 16.0. The highest BCUT2D eigenvalue weighted by atomic mass is 16.6. The van der Waals surface area contributed by atoms with Gasteiger partial charge in [0, 0.05) is 17.1 Å². The van der Waals surface area contributed by atoms with E-state index >= 15 is 0 Å². The fourth-order valence-corrected chi connectivity index (χ4v) is 2.39. The van der Waals surface area contributed by atoms with Crippen LogP contribution in [0.25, 0.3) is 0 Å². The van der Waals surface area contributed by atoms with Gasteiger partial charge in [0.2, 0.25) is 0 Å². The summed E-state index contributed by atoms with van der Waals surface area (Å²) in [5.74, 6) is 0.602. The van der Waals surface area contributed by atoms with Crippen LogP contribution >= 0.6 is 0 Å². The number of aromatic nitrogens is 3. The van der Waals surface area contributed by atoms with Crippen molar-refractivity contribution >= 4 is 11.4 Å². The maximum atomic E-state index is 5.40. The van der Waals surface area contributed by atoms with Gasteiger partial charge in [-0.25, -0.2) is 9.97 Å². The van der Waals surface area contributed by atoms with E-state index in [-0.39, 0.29) is 0 Å². The fourth-order valence-electron chi connectivity index (χ4n) is 2.39. The Labute approximate surface area is 154 Å². The SMILES string of the molecule is CON=C(C)c1cccc(CCCO/N=C(\C)c2nc(C)cc(C)n2)n1. The lowest BCUT2D eigenvalue weighted by molar-refractivity contribution is 0.141. The van der Waals surface area contributed by atoms with E-state index in [9.17, 15) is 0 Å². The second-order valence-electron chi connectivity index (χ2n) is 5.96. The zero-order valence-corrected chi connectivity index (χ0v) is 16.0. The van der Waals surface area contributed by atoms with Crippen LogP contribution in [-0.2, 0) is 16.1 Å². The average Bonchev–Trinajstić information content (AvgIpc) is 2.61. The molecule has 0 saturated heterocycles. The highest BCUT2D eigenvalue weighted by molar-refractivity contribution is 5.96. The first-order valence-electron chi connectivity index (χ1n) is 8.53. The smallest absolute Gasteiger partial charge is 0.177 e. The molecule has 138 valence electrons. The Hall–Kier alpha value is -2.83. The second-order valence-corrected chi connectivity index (χ2v) is 5.96. The van der Waals surface area contributed by atoms with Crippen molar-refractivity contribution in [2.75, 3.05) is 13.7 Å². The van der Waals surface area contributed by atoms with E-state index in [1.165, 1.54) is 7.11 Å². The minimum absolute atomic E-state index is 0.499.